The van der Waals surface area contributed by atoms with E-state index in [0.29, 0.717) is 28.4 Å². The lowest BCUT2D eigenvalue weighted by Crippen LogP contribution is -2.36. The van der Waals surface area contributed by atoms with E-state index in [2.05, 4.69) is 20.8 Å². The molecule has 1 aliphatic rings. The van der Waals surface area contributed by atoms with Crippen LogP contribution in [0.15, 0.2) is 58.0 Å². The molecule has 33 heavy (non-hydrogen) atoms. The van der Waals surface area contributed by atoms with E-state index in [4.69, 9.17) is 10.3 Å². The predicted molar refractivity (Wildman–Crippen MR) is 128 cm³/mol. The highest BCUT2D eigenvalue weighted by molar-refractivity contribution is 6.03. The summed E-state index contributed by atoms with van der Waals surface area (Å²) in [6.45, 7) is 1.73. The number of hydrogen-bond donors (Lipinski definition) is 3. The van der Waals surface area contributed by atoms with Gasteiger partial charge in [-0.1, -0.05) is 36.6 Å². The SMILES string of the molecule is Cc1cc(C(=O)Nc2ccc(C=Nc3cc(C(=O)NC4CCCCC4)ccc3N)cc2)no1. The number of carbonyl (C=O) groups is 2. The molecule has 0 unspecified atom stereocenters. The number of benzene rings is 2. The van der Waals surface area contributed by atoms with Gasteiger partial charge >= 0.3 is 0 Å². The Morgan fingerprint density at radius 1 is 1.06 bits per heavy atom. The van der Waals surface area contributed by atoms with Crippen molar-refractivity contribution in [2.75, 3.05) is 11.1 Å². The number of nitrogen functional groups attached to an aromatic ring is 1. The maximum absolute atomic E-state index is 12.6. The van der Waals surface area contributed by atoms with Gasteiger partial charge in [0.25, 0.3) is 11.8 Å². The molecular formula is C25H27N5O3. The number of anilines is 2. The number of carbonyl (C=O) groups excluding carboxylic acids is 2. The maximum atomic E-state index is 12.6. The Morgan fingerprint density at radius 2 is 1.82 bits per heavy atom. The molecule has 0 bridgehead atoms. The number of nitrogens with two attached hydrogens (primary N) is 1. The van der Waals surface area contributed by atoms with Crippen LogP contribution in [-0.4, -0.2) is 29.2 Å². The molecule has 1 fully saturated rings. The first-order valence-electron chi connectivity index (χ1n) is 11.1. The highest BCUT2D eigenvalue weighted by atomic mass is 16.5. The van der Waals surface area contributed by atoms with Crippen LogP contribution < -0.4 is 16.4 Å². The molecule has 0 radical (unpaired) electrons. The summed E-state index contributed by atoms with van der Waals surface area (Å²) in [6.07, 6.45) is 7.28. The molecule has 3 aromatic rings. The fourth-order valence-electron chi connectivity index (χ4n) is 3.78. The lowest BCUT2D eigenvalue weighted by molar-refractivity contribution is 0.0927. The maximum Gasteiger partial charge on any atom is 0.277 e. The van der Waals surface area contributed by atoms with Crippen LogP contribution in [0.4, 0.5) is 17.1 Å². The summed E-state index contributed by atoms with van der Waals surface area (Å²) >= 11 is 0. The number of rotatable bonds is 6. The van der Waals surface area contributed by atoms with Gasteiger partial charge in [-0.25, -0.2) is 0 Å². The number of hydrogen-bond acceptors (Lipinski definition) is 6. The van der Waals surface area contributed by atoms with E-state index in [1.165, 1.54) is 6.42 Å². The zero-order valence-electron chi connectivity index (χ0n) is 18.5. The van der Waals surface area contributed by atoms with Crippen LogP contribution in [0.25, 0.3) is 0 Å². The molecule has 1 heterocycles. The smallest absolute Gasteiger partial charge is 0.277 e. The van der Waals surface area contributed by atoms with E-state index in [1.54, 1.807) is 49.5 Å². The molecular weight excluding hydrogens is 418 g/mol. The average molecular weight is 446 g/mol. The molecule has 4 N–H and O–H groups in total. The van der Waals surface area contributed by atoms with E-state index in [1.807, 2.05) is 12.1 Å². The number of aromatic nitrogens is 1. The summed E-state index contributed by atoms with van der Waals surface area (Å²) in [7, 11) is 0. The van der Waals surface area contributed by atoms with Crippen LogP contribution in [0.2, 0.25) is 0 Å². The molecule has 0 saturated heterocycles. The van der Waals surface area contributed by atoms with Crippen LogP contribution in [0.1, 0.15) is 64.3 Å². The minimum absolute atomic E-state index is 0.0965. The molecule has 2 amide bonds. The summed E-state index contributed by atoms with van der Waals surface area (Å²) in [5.41, 5.74) is 9.31. The first-order valence-corrected chi connectivity index (χ1v) is 11.1. The lowest BCUT2D eigenvalue weighted by Gasteiger charge is -2.22. The van der Waals surface area contributed by atoms with E-state index >= 15 is 0 Å². The summed E-state index contributed by atoms with van der Waals surface area (Å²) in [5.74, 6) is 0.131. The van der Waals surface area contributed by atoms with Crippen LogP contribution in [0, 0.1) is 6.92 Å². The van der Waals surface area contributed by atoms with E-state index in [9.17, 15) is 9.59 Å². The third-order valence-electron chi connectivity index (χ3n) is 5.61. The van der Waals surface area contributed by atoms with Gasteiger partial charge in [0.05, 0.1) is 11.4 Å². The van der Waals surface area contributed by atoms with Crippen LogP contribution >= 0.6 is 0 Å². The third-order valence-corrected chi connectivity index (χ3v) is 5.61. The van der Waals surface area contributed by atoms with Crippen molar-refractivity contribution in [1.82, 2.24) is 10.5 Å². The van der Waals surface area contributed by atoms with Crippen LogP contribution in [0.3, 0.4) is 0 Å². The second-order valence-electron chi connectivity index (χ2n) is 8.24. The Labute approximate surface area is 192 Å². The standard InChI is InChI=1S/C25H27N5O3/c1-16-13-23(30-33-16)25(32)29-20-10-7-17(8-11-20)15-27-22-14-18(9-12-21(22)26)24(31)28-19-5-3-2-4-6-19/h7-15,19H,2-6,26H2,1H3,(H,28,31)(H,29,32). The fourth-order valence-corrected chi connectivity index (χ4v) is 3.78. The largest absolute Gasteiger partial charge is 0.397 e. The molecule has 0 spiro atoms. The Balaban J connectivity index is 1.40. The molecule has 4 rings (SSSR count). The van der Waals surface area contributed by atoms with Gasteiger partial charge in [0.15, 0.2) is 5.69 Å². The average Bonchev–Trinajstić information content (AvgIpc) is 3.26. The summed E-state index contributed by atoms with van der Waals surface area (Å²) in [5, 5.41) is 9.58. The number of amides is 2. The minimum Gasteiger partial charge on any atom is -0.397 e. The molecule has 170 valence electrons. The zero-order chi connectivity index (χ0) is 23.2. The van der Waals surface area contributed by atoms with Gasteiger partial charge in [-0.05, 0) is 55.7 Å². The Hall–Kier alpha value is -3.94. The van der Waals surface area contributed by atoms with Gasteiger partial charge in [-0.2, -0.15) is 0 Å². The second kappa shape index (κ2) is 10.1. The van der Waals surface area contributed by atoms with Crippen molar-refractivity contribution in [1.29, 1.82) is 0 Å². The Bertz CT molecular complexity index is 1160. The fraction of sp³-hybridized carbons (Fsp3) is 0.280. The number of aryl methyl sites for hydroxylation is 1. The van der Waals surface area contributed by atoms with Crippen molar-refractivity contribution >= 4 is 35.1 Å². The van der Waals surface area contributed by atoms with E-state index < -0.39 is 0 Å². The summed E-state index contributed by atoms with van der Waals surface area (Å²) < 4.78 is 4.92. The number of aliphatic imine (C=N–C) groups is 1. The molecule has 0 aliphatic heterocycles. The zero-order valence-corrected chi connectivity index (χ0v) is 18.5. The van der Waals surface area contributed by atoms with Crippen molar-refractivity contribution < 1.29 is 14.1 Å². The topological polar surface area (TPSA) is 123 Å². The number of nitrogens with zero attached hydrogens (tertiary/aromatic N) is 2. The van der Waals surface area contributed by atoms with Gasteiger partial charge in [-0.15, -0.1) is 0 Å². The minimum atomic E-state index is -0.343. The molecule has 8 nitrogen and oxygen atoms in total. The van der Waals surface area contributed by atoms with Gasteiger partial charge in [0.2, 0.25) is 0 Å². The lowest BCUT2D eigenvalue weighted by atomic mass is 9.95. The first-order chi connectivity index (χ1) is 16.0. The van der Waals surface area contributed by atoms with Crippen molar-refractivity contribution in [2.45, 2.75) is 45.1 Å². The van der Waals surface area contributed by atoms with Crippen LogP contribution in [0.5, 0.6) is 0 Å². The molecule has 8 heteroatoms. The van der Waals surface area contributed by atoms with E-state index in [0.717, 1.165) is 31.2 Å². The number of nitrogens with one attached hydrogen (secondary N) is 2. The van der Waals surface area contributed by atoms with Crippen molar-refractivity contribution in [3.8, 4) is 0 Å². The predicted octanol–water partition coefficient (Wildman–Crippen LogP) is 4.63. The quantitative estimate of drug-likeness (QED) is 0.377. The van der Waals surface area contributed by atoms with Crippen LogP contribution in [-0.2, 0) is 0 Å². The monoisotopic (exact) mass is 445 g/mol. The highest BCUT2D eigenvalue weighted by Crippen LogP contribution is 2.24. The molecule has 0 atom stereocenters. The van der Waals surface area contributed by atoms with Gasteiger partial charge < -0.3 is 20.9 Å². The molecule has 1 aromatic heterocycles. The molecule has 1 saturated carbocycles. The van der Waals surface area contributed by atoms with Gasteiger partial charge in [0.1, 0.15) is 5.76 Å². The highest BCUT2D eigenvalue weighted by Gasteiger charge is 2.17. The first kappa shape index (κ1) is 22.3. The van der Waals surface area contributed by atoms with Gasteiger partial charge in [-0.3, -0.25) is 14.6 Å². The molecule has 2 aromatic carbocycles. The Morgan fingerprint density at radius 3 is 2.52 bits per heavy atom. The third kappa shape index (κ3) is 5.85. The normalized spacial score (nSPS) is 14.3. The van der Waals surface area contributed by atoms with Crippen molar-refractivity contribution in [2.24, 2.45) is 4.99 Å². The Kier molecular flexibility index (Phi) is 6.83. The van der Waals surface area contributed by atoms with Crippen molar-refractivity contribution in [3.05, 3.63) is 71.1 Å². The second-order valence-corrected chi connectivity index (χ2v) is 8.24. The molecule has 1 aliphatic carbocycles. The van der Waals surface area contributed by atoms with E-state index in [-0.39, 0.29) is 23.6 Å². The summed E-state index contributed by atoms with van der Waals surface area (Å²) in [6, 6.07) is 14.1. The van der Waals surface area contributed by atoms with Crippen molar-refractivity contribution in [3.63, 3.8) is 0 Å². The van der Waals surface area contributed by atoms with Gasteiger partial charge in [0, 0.05) is 29.6 Å². The summed E-state index contributed by atoms with van der Waals surface area (Å²) in [4.78, 5) is 29.3.